The van der Waals surface area contributed by atoms with E-state index in [1.54, 1.807) is 12.1 Å². The van der Waals surface area contributed by atoms with E-state index in [1.807, 2.05) is 30.3 Å². The first-order valence-electron chi connectivity index (χ1n) is 9.69. The summed E-state index contributed by atoms with van der Waals surface area (Å²) >= 11 is 0. The van der Waals surface area contributed by atoms with E-state index in [0.717, 1.165) is 23.2 Å². The zero-order valence-corrected chi connectivity index (χ0v) is 15.7. The van der Waals surface area contributed by atoms with Crippen molar-refractivity contribution in [3.8, 4) is 0 Å². The number of hydrogen-bond acceptors (Lipinski definition) is 3. The molecule has 2 aliphatic rings. The van der Waals surface area contributed by atoms with Crippen LogP contribution in [0.5, 0.6) is 0 Å². The van der Waals surface area contributed by atoms with Gasteiger partial charge in [0.25, 0.3) is 0 Å². The van der Waals surface area contributed by atoms with Crippen LogP contribution in [-0.4, -0.2) is 16.9 Å². The number of aromatic carboxylic acids is 1. The molecule has 29 heavy (non-hydrogen) atoms. The molecule has 0 fully saturated rings. The van der Waals surface area contributed by atoms with Crippen LogP contribution in [0.2, 0.25) is 0 Å². The first-order chi connectivity index (χ1) is 14.0. The lowest BCUT2D eigenvalue weighted by Gasteiger charge is -2.38. The van der Waals surface area contributed by atoms with Gasteiger partial charge in [-0.3, -0.25) is 5.41 Å². The van der Waals surface area contributed by atoms with E-state index < -0.39 is 5.97 Å². The van der Waals surface area contributed by atoms with Crippen molar-refractivity contribution in [3.63, 3.8) is 0 Å². The summed E-state index contributed by atoms with van der Waals surface area (Å²) in [6, 6.07) is 21.7. The monoisotopic (exact) mass is 383 g/mol. The number of benzene rings is 3. The number of nitrogens with two attached hydrogens (primary N) is 1. The summed E-state index contributed by atoms with van der Waals surface area (Å²) in [5.41, 5.74) is 12.7. The average molecular weight is 383 g/mol. The predicted molar refractivity (Wildman–Crippen MR) is 113 cm³/mol. The SMILES string of the molecule is N=C(N)c1ccc2c(c1)C1c3ccccc3CC1C(c1ccc(C(=O)O)cc1)N2. The zero-order chi connectivity index (χ0) is 20.1. The number of hydrogen-bond donors (Lipinski definition) is 4. The van der Waals surface area contributed by atoms with E-state index >= 15 is 0 Å². The summed E-state index contributed by atoms with van der Waals surface area (Å²) in [6.45, 7) is 0. The van der Waals surface area contributed by atoms with Crippen LogP contribution in [0.4, 0.5) is 5.69 Å². The molecule has 5 nitrogen and oxygen atoms in total. The molecule has 0 saturated carbocycles. The lowest BCUT2D eigenvalue weighted by Crippen LogP contribution is -2.30. The molecule has 1 aliphatic carbocycles. The van der Waals surface area contributed by atoms with E-state index in [2.05, 4.69) is 29.6 Å². The maximum absolute atomic E-state index is 11.2. The minimum absolute atomic E-state index is 0.0713. The topological polar surface area (TPSA) is 99.2 Å². The Bertz CT molecular complexity index is 1140. The van der Waals surface area contributed by atoms with Crippen molar-refractivity contribution >= 4 is 17.5 Å². The van der Waals surface area contributed by atoms with Crippen molar-refractivity contribution in [2.75, 3.05) is 5.32 Å². The van der Waals surface area contributed by atoms with E-state index in [9.17, 15) is 9.90 Å². The number of nitrogens with one attached hydrogen (secondary N) is 2. The van der Waals surface area contributed by atoms with E-state index in [1.165, 1.54) is 16.7 Å². The molecule has 3 aromatic rings. The predicted octanol–water partition coefficient (Wildman–Crippen LogP) is 4.14. The van der Waals surface area contributed by atoms with Crippen molar-refractivity contribution < 1.29 is 9.90 Å². The summed E-state index contributed by atoms with van der Waals surface area (Å²) in [5, 5.41) is 20.7. The van der Waals surface area contributed by atoms with Gasteiger partial charge in [0.2, 0.25) is 0 Å². The third-order valence-electron chi connectivity index (χ3n) is 6.23. The van der Waals surface area contributed by atoms with Crippen LogP contribution >= 0.6 is 0 Å². The van der Waals surface area contributed by atoms with Crippen LogP contribution in [0, 0.1) is 11.3 Å². The highest BCUT2D eigenvalue weighted by atomic mass is 16.4. The third kappa shape index (κ3) is 2.78. The molecule has 1 aliphatic heterocycles. The highest BCUT2D eigenvalue weighted by Crippen LogP contribution is 2.53. The minimum Gasteiger partial charge on any atom is -0.478 e. The van der Waals surface area contributed by atoms with Crippen molar-refractivity contribution in [2.45, 2.75) is 18.4 Å². The van der Waals surface area contributed by atoms with Crippen molar-refractivity contribution in [3.05, 3.63) is 100 Å². The molecule has 0 aromatic heterocycles. The molecule has 5 rings (SSSR count). The van der Waals surface area contributed by atoms with Gasteiger partial charge in [-0.25, -0.2) is 4.79 Å². The fourth-order valence-corrected chi connectivity index (χ4v) is 4.89. The lowest BCUT2D eigenvalue weighted by atomic mass is 9.75. The Morgan fingerprint density at radius 1 is 1.00 bits per heavy atom. The molecule has 0 radical (unpaired) electrons. The zero-order valence-electron chi connectivity index (χ0n) is 15.7. The maximum atomic E-state index is 11.2. The molecule has 3 aromatic carbocycles. The Balaban J connectivity index is 1.64. The van der Waals surface area contributed by atoms with Gasteiger partial charge in [0.05, 0.1) is 11.6 Å². The second-order valence-corrected chi connectivity index (χ2v) is 7.81. The minimum atomic E-state index is -0.915. The normalized spacial score (nSPS) is 21.4. The van der Waals surface area contributed by atoms with Gasteiger partial charge in [-0.1, -0.05) is 36.4 Å². The summed E-state index contributed by atoms with van der Waals surface area (Å²) in [7, 11) is 0. The molecule has 0 bridgehead atoms. The Morgan fingerprint density at radius 2 is 1.72 bits per heavy atom. The van der Waals surface area contributed by atoms with Gasteiger partial charge in [-0.15, -0.1) is 0 Å². The fraction of sp³-hybridized carbons (Fsp3) is 0.167. The van der Waals surface area contributed by atoms with Crippen LogP contribution in [0.25, 0.3) is 0 Å². The Kier molecular flexibility index (Phi) is 3.91. The first kappa shape index (κ1) is 17.5. The standard InChI is InChI=1S/C24H21N3O2/c25-23(26)16-9-10-20-18(12-16)21-17-4-2-1-3-15(17)11-19(21)22(27-20)13-5-7-14(8-6-13)24(28)29/h1-10,12,19,21-22,27H,11H2,(H3,25,26)(H,28,29). The van der Waals surface area contributed by atoms with Gasteiger partial charge in [0, 0.05) is 17.2 Å². The van der Waals surface area contributed by atoms with Crippen LogP contribution < -0.4 is 11.1 Å². The quantitative estimate of drug-likeness (QED) is 0.403. The number of fused-ring (bicyclic) bond motifs is 5. The van der Waals surface area contributed by atoms with Gasteiger partial charge < -0.3 is 16.2 Å². The summed E-state index contributed by atoms with van der Waals surface area (Å²) in [4.78, 5) is 11.2. The first-order valence-corrected chi connectivity index (χ1v) is 9.69. The molecule has 0 saturated heterocycles. The summed E-state index contributed by atoms with van der Waals surface area (Å²) in [5.74, 6) is -0.327. The Hall–Kier alpha value is -3.60. The molecule has 1 heterocycles. The van der Waals surface area contributed by atoms with Gasteiger partial charge in [-0.2, -0.15) is 0 Å². The fourth-order valence-electron chi connectivity index (χ4n) is 4.89. The molecule has 144 valence electrons. The number of carboxylic acid groups (broad SMARTS) is 1. The molecule has 5 N–H and O–H groups in total. The van der Waals surface area contributed by atoms with Crippen LogP contribution in [-0.2, 0) is 6.42 Å². The number of anilines is 1. The molecule has 0 amide bonds. The smallest absolute Gasteiger partial charge is 0.335 e. The van der Waals surface area contributed by atoms with Gasteiger partial charge in [0.15, 0.2) is 0 Å². The summed E-state index contributed by atoms with van der Waals surface area (Å²) in [6.07, 6.45) is 0.947. The highest BCUT2D eigenvalue weighted by Gasteiger charge is 2.43. The lowest BCUT2D eigenvalue weighted by molar-refractivity contribution is 0.0697. The number of rotatable bonds is 3. The number of carbonyl (C=O) groups is 1. The third-order valence-corrected chi connectivity index (χ3v) is 6.23. The van der Waals surface area contributed by atoms with Crippen LogP contribution in [0.15, 0.2) is 66.7 Å². The van der Waals surface area contributed by atoms with Gasteiger partial charge in [0.1, 0.15) is 5.84 Å². The van der Waals surface area contributed by atoms with Crippen molar-refractivity contribution in [1.82, 2.24) is 0 Å². The highest BCUT2D eigenvalue weighted by molar-refractivity contribution is 5.95. The molecule has 5 heteroatoms. The largest absolute Gasteiger partial charge is 0.478 e. The van der Waals surface area contributed by atoms with E-state index in [0.29, 0.717) is 11.5 Å². The van der Waals surface area contributed by atoms with Crippen LogP contribution in [0.1, 0.15) is 50.1 Å². The molecule has 0 spiro atoms. The number of nitrogen functional groups attached to an aromatic ring is 1. The molecule has 3 atom stereocenters. The number of amidine groups is 1. The molecular weight excluding hydrogens is 362 g/mol. The van der Waals surface area contributed by atoms with Crippen molar-refractivity contribution in [2.24, 2.45) is 11.7 Å². The van der Waals surface area contributed by atoms with E-state index in [4.69, 9.17) is 11.1 Å². The maximum Gasteiger partial charge on any atom is 0.335 e. The number of carboxylic acids is 1. The summed E-state index contributed by atoms with van der Waals surface area (Å²) < 4.78 is 0. The molecule has 3 unspecified atom stereocenters. The molecular formula is C24H21N3O2. The second-order valence-electron chi connectivity index (χ2n) is 7.81. The average Bonchev–Trinajstić information content (AvgIpc) is 3.12. The Morgan fingerprint density at radius 3 is 2.45 bits per heavy atom. The Labute approximate surface area is 168 Å². The van der Waals surface area contributed by atoms with Crippen molar-refractivity contribution in [1.29, 1.82) is 5.41 Å². The van der Waals surface area contributed by atoms with Gasteiger partial charge in [-0.05, 0) is 64.9 Å². The second kappa shape index (κ2) is 6.48. The van der Waals surface area contributed by atoms with Crippen LogP contribution in [0.3, 0.4) is 0 Å². The van der Waals surface area contributed by atoms with E-state index in [-0.39, 0.29) is 17.8 Å². The van der Waals surface area contributed by atoms with Gasteiger partial charge >= 0.3 is 5.97 Å².